The molecule has 3 aliphatic rings. The number of benzene rings is 2. The van der Waals surface area contributed by atoms with Crippen molar-refractivity contribution in [2.75, 3.05) is 20.2 Å². The van der Waals surface area contributed by atoms with E-state index in [4.69, 9.17) is 9.73 Å². The summed E-state index contributed by atoms with van der Waals surface area (Å²) in [4.78, 5) is 36.6. The highest BCUT2D eigenvalue weighted by Gasteiger charge is 2.53. The number of urea groups is 1. The number of amides is 3. The van der Waals surface area contributed by atoms with Crippen LogP contribution in [0.15, 0.2) is 65.7 Å². The first kappa shape index (κ1) is 21.5. The van der Waals surface area contributed by atoms with Gasteiger partial charge in [0.05, 0.1) is 19.2 Å². The summed E-state index contributed by atoms with van der Waals surface area (Å²) in [5.41, 5.74) is 1.99. The van der Waals surface area contributed by atoms with Gasteiger partial charge >= 0.3 is 6.03 Å². The standard InChI is InChI=1S/C25H29N5O3/c1-28-22-21(23(31)30(25(28)32)17-19-11-6-3-7-12-19)29(16-18-9-4-2-5-10-18)24(27-22)26-15-20-13-8-14-33-20/h2-7,9-12,20-22H,8,13-17H2,1H3,(H,26,27). The van der Waals surface area contributed by atoms with Crippen LogP contribution in [0.3, 0.4) is 0 Å². The summed E-state index contributed by atoms with van der Waals surface area (Å²) in [5, 5.41) is 3.36. The van der Waals surface area contributed by atoms with E-state index in [0.29, 0.717) is 19.0 Å². The minimum absolute atomic E-state index is 0.102. The predicted octanol–water partition coefficient (Wildman–Crippen LogP) is 2.42. The van der Waals surface area contributed by atoms with E-state index in [-0.39, 0.29) is 24.6 Å². The Morgan fingerprint density at radius 3 is 2.30 bits per heavy atom. The van der Waals surface area contributed by atoms with Crippen molar-refractivity contribution < 1.29 is 14.3 Å². The number of likely N-dealkylation sites (N-methyl/N-ethyl adjacent to an activating group) is 1. The number of nitrogens with one attached hydrogen (secondary N) is 1. The third kappa shape index (κ3) is 4.30. The summed E-state index contributed by atoms with van der Waals surface area (Å²) in [5.74, 6) is 0.427. The molecule has 3 amide bonds. The maximum Gasteiger partial charge on any atom is 0.328 e. The molecule has 0 bridgehead atoms. The second-order valence-corrected chi connectivity index (χ2v) is 8.75. The number of carbonyl (C=O) groups excluding carboxylic acids is 2. The molecular weight excluding hydrogens is 418 g/mol. The zero-order valence-electron chi connectivity index (χ0n) is 18.8. The van der Waals surface area contributed by atoms with Gasteiger partial charge < -0.3 is 19.9 Å². The van der Waals surface area contributed by atoms with Gasteiger partial charge in [-0.2, -0.15) is 0 Å². The van der Waals surface area contributed by atoms with E-state index in [1.807, 2.05) is 65.6 Å². The van der Waals surface area contributed by atoms with Crippen molar-refractivity contribution in [2.24, 2.45) is 4.99 Å². The van der Waals surface area contributed by atoms with Crippen molar-refractivity contribution in [3.05, 3.63) is 71.8 Å². The van der Waals surface area contributed by atoms with Crippen molar-refractivity contribution in [3.8, 4) is 0 Å². The Morgan fingerprint density at radius 2 is 1.67 bits per heavy atom. The molecule has 3 unspecified atom stereocenters. The topological polar surface area (TPSA) is 77.5 Å². The third-order valence-electron chi connectivity index (χ3n) is 6.50. The smallest absolute Gasteiger partial charge is 0.328 e. The fourth-order valence-electron chi connectivity index (χ4n) is 4.71. The number of carbonyl (C=O) groups is 2. The fraction of sp³-hybridized carbons (Fsp3) is 0.400. The highest BCUT2D eigenvalue weighted by atomic mass is 16.5. The minimum atomic E-state index is -0.556. The Balaban J connectivity index is 1.45. The number of aliphatic imine (C=N–C) groups is 1. The predicted molar refractivity (Wildman–Crippen MR) is 124 cm³/mol. The molecule has 3 fully saturated rings. The van der Waals surface area contributed by atoms with Crippen LogP contribution in [0.4, 0.5) is 4.79 Å². The van der Waals surface area contributed by atoms with Crippen LogP contribution < -0.4 is 5.32 Å². The van der Waals surface area contributed by atoms with Crippen LogP contribution in [0.2, 0.25) is 0 Å². The fourth-order valence-corrected chi connectivity index (χ4v) is 4.71. The zero-order valence-corrected chi connectivity index (χ0v) is 18.8. The van der Waals surface area contributed by atoms with Crippen molar-refractivity contribution in [2.45, 2.75) is 44.2 Å². The molecular formula is C25H29N5O3. The molecule has 0 saturated carbocycles. The minimum Gasteiger partial charge on any atom is -0.376 e. The molecule has 0 spiro atoms. The first-order chi connectivity index (χ1) is 16.1. The van der Waals surface area contributed by atoms with Gasteiger partial charge in [0, 0.05) is 20.2 Å². The number of hydrogen-bond acceptors (Lipinski definition) is 4. The van der Waals surface area contributed by atoms with Gasteiger partial charge in [-0.3, -0.25) is 14.7 Å². The highest BCUT2D eigenvalue weighted by molar-refractivity contribution is 6.04. The summed E-state index contributed by atoms with van der Waals surface area (Å²) in [6.45, 7) is 2.07. The summed E-state index contributed by atoms with van der Waals surface area (Å²) in [7, 11) is 1.74. The number of guanidine groups is 1. The Hall–Kier alpha value is -3.39. The molecule has 3 saturated heterocycles. The lowest BCUT2D eigenvalue weighted by molar-refractivity contribution is -0.138. The lowest BCUT2D eigenvalue weighted by atomic mass is 10.1. The SMILES string of the molecule is CN1C(=O)N(Cc2ccccc2)C(=O)C2C1NC(=NCC1CCCO1)N2Cc1ccccc1. The Kier molecular flexibility index (Phi) is 6.00. The molecule has 2 aromatic rings. The van der Waals surface area contributed by atoms with Crippen molar-refractivity contribution in [1.82, 2.24) is 20.0 Å². The van der Waals surface area contributed by atoms with Gasteiger partial charge in [0.25, 0.3) is 5.91 Å². The van der Waals surface area contributed by atoms with Gasteiger partial charge in [0.1, 0.15) is 6.17 Å². The molecule has 2 aromatic carbocycles. The van der Waals surface area contributed by atoms with Gasteiger partial charge in [0.15, 0.2) is 12.0 Å². The monoisotopic (exact) mass is 447 g/mol. The molecule has 1 N–H and O–H groups in total. The Bertz CT molecular complexity index is 1020. The van der Waals surface area contributed by atoms with Crippen molar-refractivity contribution in [1.29, 1.82) is 0 Å². The number of imide groups is 1. The quantitative estimate of drug-likeness (QED) is 0.736. The highest BCUT2D eigenvalue weighted by Crippen LogP contribution is 2.28. The molecule has 3 heterocycles. The molecule has 0 aromatic heterocycles. The summed E-state index contributed by atoms with van der Waals surface area (Å²) < 4.78 is 5.73. The molecule has 5 rings (SSSR count). The van der Waals surface area contributed by atoms with E-state index in [1.165, 1.54) is 4.90 Å². The van der Waals surface area contributed by atoms with E-state index in [2.05, 4.69) is 5.32 Å². The van der Waals surface area contributed by atoms with Crippen LogP contribution in [0.25, 0.3) is 0 Å². The summed E-state index contributed by atoms with van der Waals surface area (Å²) >= 11 is 0. The van der Waals surface area contributed by atoms with Crippen LogP contribution >= 0.6 is 0 Å². The maximum absolute atomic E-state index is 13.7. The average molecular weight is 448 g/mol. The zero-order chi connectivity index (χ0) is 22.8. The number of rotatable bonds is 6. The van der Waals surface area contributed by atoms with Crippen LogP contribution in [0.1, 0.15) is 24.0 Å². The second-order valence-electron chi connectivity index (χ2n) is 8.75. The van der Waals surface area contributed by atoms with Crippen molar-refractivity contribution in [3.63, 3.8) is 0 Å². The second kappa shape index (κ2) is 9.23. The summed E-state index contributed by atoms with van der Waals surface area (Å²) in [6.07, 6.45) is 1.67. The van der Waals surface area contributed by atoms with E-state index in [1.54, 1.807) is 11.9 Å². The van der Waals surface area contributed by atoms with E-state index >= 15 is 0 Å². The lowest BCUT2D eigenvalue weighted by Crippen LogP contribution is -2.65. The molecule has 8 heteroatoms. The Morgan fingerprint density at radius 1 is 1.00 bits per heavy atom. The number of hydrogen-bond donors (Lipinski definition) is 1. The van der Waals surface area contributed by atoms with E-state index in [0.717, 1.165) is 30.6 Å². The largest absolute Gasteiger partial charge is 0.376 e. The van der Waals surface area contributed by atoms with Crippen LogP contribution in [-0.2, 0) is 22.6 Å². The number of fused-ring (bicyclic) bond motifs is 1. The van der Waals surface area contributed by atoms with Gasteiger partial charge in [0.2, 0.25) is 0 Å². The molecule has 172 valence electrons. The molecule has 8 nitrogen and oxygen atoms in total. The molecule has 0 radical (unpaired) electrons. The van der Waals surface area contributed by atoms with Crippen LogP contribution in [0.5, 0.6) is 0 Å². The van der Waals surface area contributed by atoms with Crippen LogP contribution in [-0.4, -0.2) is 71.1 Å². The Labute approximate surface area is 193 Å². The van der Waals surface area contributed by atoms with E-state index in [9.17, 15) is 9.59 Å². The number of ether oxygens (including phenoxy) is 1. The molecule has 3 aliphatic heterocycles. The average Bonchev–Trinajstić information content (AvgIpc) is 3.49. The maximum atomic E-state index is 13.7. The van der Waals surface area contributed by atoms with Gasteiger partial charge in [-0.15, -0.1) is 0 Å². The number of nitrogens with zero attached hydrogens (tertiary/aromatic N) is 4. The van der Waals surface area contributed by atoms with E-state index < -0.39 is 12.2 Å². The third-order valence-corrected chi connectivity index (χ3v) is 6.50. The molecule has 33 heavy (non-hydrogen) atoms. The lowest BCUT2D eigenvalue weighted by Gasteiger charge is -2.41. The van der Waals surface area contributed by atoms with Gasteiger partial charge in [-0.1, -0.05) is 60.7 Å². The van der Waals surface area contributed by atoms with Crippen molar-refractivity contribution >= 4 is 17.9 Å². The molecule has 3 atom stereocenters. The first-order valence-electron chi connectivity index (χ1n) is 11.5. The normalized spacial score (nSPS) is 26.2. The van der Waals surface area contributed by atoms with Gasteiger partial charge in [-0.25, -0.2) is 4.79 Å². The first-order valence-corrected chi connectivity index (χ1v) is 11.5. The van der Waals surface area contributed by atoms with Crippen LogP contribution in [0, 0.1) is 0 Å². The van der Waals surface area contributed by atoms with Gasteiger partial charge in [-0.05, 0) is 24.0 Å². The molecule has 0 aliphatic carbocycles. The summed E-state index contributed by atoms with van der Waals surface area (Å²) in [6, 6.07) is 18.8.